The second kappa shape index (κ2) is 8.65. The summed E-state index contributed by atoms with van der Waals surface area (Å²) in [5, 5.41) is 12.8. The lowest BCUT2D eigenvalue weighted by Gasteiger charge is -2.35. The fraction of sp³-hybridized carbons (Fsp3) is 0.350. The number of hydrogen-bond donors (Lipinski definition) is 2. The first kappa shape index (κ1) is 17.5. The van der Waals surface area contributed by atoms with Gasteiger partial charge < -0.3 is 15.2 Å². The Morgan fingerprint density at radius 1 is 1.08 bits per heavy atom. The third kappa shape index (κ3) is 4.81. The van der Waals surface area contributed by atoms with Crippen molar-refractivity contribution in [2.75, 3.05) is 32.8 Å². The summed E-state index contributed by atoms with van der Waals surface area (Å²) < 4.78 is 5.45. The molecule has 0 aliphatic carbocycles. The number of ether oxygens (including phenoxy) is 1. The molecule has 1 amide bonds. The van der Waals surface area contributed by atoms with Crippen LogP contribution in [-0.4, -0.2) is 48.8 Å². The van der Waals surface area contributed by atoms with Crippen LogP contribution in [0.15, 0.2) is 54.6 Å². The quantitative estimate of drug-likeness (QED) is 0.846. The Balaban J connectivity index is 1.64. The number of carbonyl (C=O) groups is 1. The van der Waals surface area contributed by atoms with Gasteiger partial charge in [0.1, 0.15) is 5.75 Å². The standard InChI is InChI=1S/C20H24N2O3/c23-19-9-5-4-8-17(19)14-20(24)21-15-18(16-6-2-1-3-7-16)22-10-12-25-13-11-22/h1-9,18,23H,10-15H2,(H,21,24)/t18-/m1/s1. The first-order valence-corrected chi connectivity index (χ1v) is 8.64. The van der Waals surface area contributed by atoms with Crippen molar-refractivity contribution in [2.45, 2.75) is 12.5 Å². The SMILES string of the molecule is O=C(Cc1ccccc1O)NC[C@H](c1ccccc1)N1CCOCC1. The van der Waals surface area contributed by atoms with E-state index in [1.807, 2.05) is 24.3 Å². The molecule has 25 heavy (non-hydrogen) atoms. The van der Waals surface area contributed by atoms with Crippen LogP contribution in [0.4, 0.5) is 0 Å². The lowest BCUT2D eigenvalue weighted by molar-refractivity contribution is -0.120. The van der Waals surface area contributed by atoms with Crippen molar-refractivity contribution in [3.05, 3.63) is 65.7 Å². The molecule has 2 aromatic rings. The van der Waals surface area contributed by atoms with E-state index in [2.05, 4.69) is 22.3 Å². The zero-order chi connectivity index (χ0) is 17.5. The van der Waals surface area contributed by atoms with Gasteiger partial charge in [0.25, 0.3) is 0 Å². The van der Waals surface area contributed by atoms with Gasteiger partial charge in [0.05, 0.1) is 25.7 Å². The molecule has 1 aliphatic rings. The number of phenolic OH excluding ortho intramolecular Hbond substituents is 1. The van der Waals surface area contributed by atoms with Crippen molar-refractivity contribution < 1.29 is 14.6 Å². The van der Waals surface area contributed by atoms with Gasteiger partial charge in [-0.15, -0.1) is 0 Å². The van der Waals surface area contributed by atoms with E-state index in [9.17, 15) is 9.90 Å². The Labute approximate surface area is 148 Å². The van der Waals surface area contributed by atoms with Gasteiger partial charge in [0, 0.05) is 25.2 Å². The summed E-state index contributed by atoms with van der Waals surface area (Å²) in [6.07, 6.45) is 0.178. The van der Waals surface area contributed by atoms with E-state index in [4.69, 9.17) is 4.74 Å². The third-order valence-electron chi connectivity index (χ3n) is 4.51. The summed E-state index contributed by atoms with van der Waals surface area (Å²) >= 11 is 0. The molecular weight excluding hydrogens is 316 g/mol. The van der Waals surface area contributed by atoms with E-state index in [1.165, 1.54) is 5.56 Å². The van der Waals surface area contributed by atoms with Crippen molar-refractivity contribution in [1.82, 2.24) is 10.2 Å². The number of benzene rings is 2. The zero-order valence-electron chi connectivity index (χ0n) is 14.2. The lowest BCUT2D eigenvalue weighted by Crippen LogP contribution is -2.44. The van der Waals surface area contributed by atoms with E-state index in [-0.39, 0.29) is 24.1 Å². The molecule has 0 aromatic heterocycles. The monoisotopic (exact) mass is 340 g/mol. The molecule has 0 unspecified atom stereocenters. The van der Waals surface area contributed by atoms with Crippen LogP contribution in [0.2, 0.25) is 0 Å². The largest absolute Gasteiger partial charge is 0.508 e. The summed E-state index contributed by atoms with van der Waals surface area (Å²) in [5.41, 5.74) is 1.83. The molecule has 132 valence electrons. The maximum Gasteiger partial charge on any atom is 0.224 e. The molecule has 0 spiro atoms. The second-order valence-electron chi connectivity index (χ2n) is 6.18. The van der Waals surface area contributed by atoms with Crippen LogP contribution >= 0.6 is 0 Å². The molecule has 1 heterocycles. The van der Waals surface area contributed by atoms with Gasteiger partial charge in [-0.3, -0.25) is 9.69 Å². The molecule has 1 fully saturated rings. The van der Waals surface area contributed by atoms with Gasteiger partial charge in [-0.1, -0.05) is 48.5 Å². The van der Waals surface area contributed by atoms with Crippen LogP contribution < -0.4 is 5.32 Å². The van der Waals surface area contributed by atoms with Crippen molar-refractivity contribution in [3.63, 3.8) is 0 Å². The molecule has 3 rings (SSSR count). The first-order chi connectivity index (χ1) is 12.2. The highest BCUT2D eigenvalue weighted by Crippen LogP contribution is 2.21. The summed E-state index contributed by atoms with van der Waals surface area (Å²) in [7, 11) is 0. The number of rotatable bonds is 6. The van der Waals surface area contributed by atoms with Crippen LogP contribution in [0.1, 0.15) is 17.2 Å². The predicted octanol–water partition coefficient (Wildman–Crippen LogP) is 2.12. The Morgan fingerprint density at radius 2 is 1.76 bits per heavy atom. The zero-order valence-corrected chi connectivity index (χ0v) is 14.2. The molecular formula is C20H24N2O3. The number of nitrogens with one attached hydrogen (secondary N) is 1. The Kier molecular flexibility index (Phi) is 6.04. The van der Waals surface area contributed by atoms with Gasteiger partial charge in [-0.2, -0.15) is 0 Å². The van der Waals surface area contributed by atoms with Crippen molar-refractivity contribution >= 4 is 5.91 Å². The van der Waals surface area contributed by atoms with Gasteiger partial charge in [-0.05, 0) is 11.6 Å². The maximum absolute atomic E-state index is 12.3. The normalized spacial score (nSPS) is 16.3. The van der Waals surface area contributed by atoms with Crippen LogP contribution in [-0.2, 0) is 16.0 Å². The van der Waals surface area contributed by atoms with Crippen LogP contribution in [0.3, 0.4) is 0 Å². The van der Waals surface area contributed by atoms with Crippen LogP contribution in [0.25, 0.3) is 0 Å². The number of carbonyl (C=O) groups excluding carboxylic acids is 1. The van der Waals surface area contributed by atoms with Gasteiger partial charge in [-0.25, -0.2) is 0 Å². The number of morpholine rings is 1. The molecule has 1 aliphatic heterocycles. The molecule has 2 aromatic carbocycles. The predicted molar refractivity (Wildman–Crippen MR) is 96.4 cm³/mol. The summed E-state index contributed by atoms with van der Waals surface area (Å²) in [6.45, 7) is 3.69. The molecule has 5 nitrogen and oxygen atoms in total. The molecule has 2 N–H and O–H groups in total. The molecule has 0 radical (unpaired) electrons. The summed E-state index contributed by atoms with van der Waals surface area (Å²) in [5.74, 6) is 0.0705. The molecule has 5 heteroatoms. The second-order valence-corrected chi connectivity index (χ2v) is 6.18. The van der Waals surface area contributed by atoms with Crippen LogP contribution in [0, 0.1) is 0 Å². The number of phenols is 1. The molecule has 0 saturated carbocycles. The smallest absolute Gasteiger partial charge is 0.224 e. The average molecular weight is 340 g/mol. The highest BCUT2D eigenvalue weighted by Gasteiger charge is 2.23. The van der Waals surface area contributed by atoms with E-state index in [0.29, 0.717) is 12.1 Å². The Hall–Kier alpha value is -2.37. The topological polar surface area (TPSA) is 61.8 Å². The fourth-order valence-electron chi connectivity index (χ4n) is 3.13. The van der Waals surface area contributed by atoms with Crippen LogP contribution in [0.5, 0.6) is 5.75 Å². The van der Waals surface area contributed by atoms with Gasteiger partial charge in [0.15, 0.2) is 0 Å². The minimum absolute atomic E-state index is 0.0873. The fourth-order valence-corrected chi connectivity index (χ4v) is 3.13. The van der Waals surface area contributed by atoms with E-state index < -0.39 is 0 Å². The van der Waals surface area contributed by atoms with Crippen molar-refractivity contribution in [2.24, 2.45) is 0 Å². The first-order valence-electron chi connectivity index (χ1n) is 8.64. The van der Waals surface area contributed by atoms with Crippen molar-refractivity contribution in [3.8, 4) is 5.75 Å². The number of nitrogens with zero attached hydrogens (tertiary/aromatic N) is 1. The molecule has 0 bridgehead atoms. The maximum atomic E-state index is 12.3. The van der Waals surface area contributed by atoms with E-state index >= 15 is 0 Å². The number of para-hydroxylation sites is 1. The Morgan fingerprint density at radius 3 is 2.48 bits per heavy atom. The van der Waals surface area contributed by atoms with Crippen molar-refractivity contribution in [1.29, 1.82) is 0 Å². The Bertz CT molecular complexity index is 684. The number of hydrogen-bond acceptors (Lipinski definition) is 4. The highest BCUT2D eigenvalue weighted by molar-refractivity contribution is 5.79. The molecule has 1 atom stereocenters. The van der Waals surface area contributed by atoms with E-state index in [1.54, 1.807) is 18.2 Å². The van der Waals surface area contributed by atoms with Gasteiger partial charge >= 0.3 is 0 Å². The number of aromatic hydroxyl groups is 1. The third-order valence-corrected chi connectivity index (χ3v) is 4.51. The minimum atomic E-state index is -0.0873. The summed E-state index contributed by atoms with van der Waals surface area (Å²) in [4.78, 5) is 14.7. The summed E-state index contributed by atoms with van der Waals surface area (Å²) in [6, 6.07) is 17.3. The lowest BCUT2D eigenvalue weighted by atomic mass is 10.0. The highest BCUT2D eigenvalue weighted by atomic mass is 16.5. The van der Waals surface area contributed by atoms with E-state index in [0.717, 1.165) is 26.3 Å². The average Bonchev–Trinajstić information content (AvgIpc) is 2.66. The molecule has 1 saturated heterocycles. The minimum Gasteiger partial charge on any atom is -0.508 e. The van der Waals surface area contributed by atoms with Gasteiger partial charge in [0.2, 0.25) is 5.91 Å². The number of amides is 1.